The first-order valence-corrected chi connectivity index (χ1v) is 16.2. The smallest absolute Gasteiger partial charge is 0.327 e. The van der Waals surface area contributed by atoms with Crippen molar-refractivity contribution in [2.45, 2.75) is 48.3 Å². The second-order valence-corrected chi connectivity index (χ2v) is 13.3. The maximum Gasteiger partial charge on any atom is 0.327 e. The van der Waals surface area contributed by atoms with E-state index in [4.69, 9.17) is 4.74 Å². The number of sulfonamides is 1. The van der Waals surface area contributed by atoms with Crippen molar-refractivity contribution in [1.29, 1.82) is 0 Å². The van der Waals surface area contributed by atoms with Crippen LogP contribution < -0.4 is 5.32 Å². The Morgan fingerprint density at radius 1 is 1.05 bits per heavy atom. The Labute approximate surface area is 268 Å². The molecule has 0 amide bonds. The number of likely N-dealkylation sites (N-methyl/N-ethyl adjacent to an activating group) is 1. The van der Waals surface area contributed by atoms with Crippen molar-refractivity contribution in [3.63, 3.8) is 0 Å². The van der Waals surface area contributed by atoms with Crippen molar-refractivity contribution < 1.29 is 23.1 Å². The summed E-state index contributed by atoms with van der Waals surface area (Å²) in [4.78, 5) is 15.3. The van der Waals surface area contributed by atoms with Gasteiger partial charge in [-0.05, 0) is 62.2 Å². The predicted octanol–water partition coefficient (Wildman–Crippen LogP) is 4.40. The number of aliphatic hydroxyl groups excluding tert-OH is 1. The molecule has 2 unspecified atom stereocenters. The van der Waals surface area contributed by atoms with Gasteiger partial charge in [0.2, 0.25) is 10.0 Å². The van der Waals surface area contributed by atoms with Crippen LogP contribution in [0.4, 0.5) is 0 Å². The fourth-order valence-corrected chi connectivity index (χ4v) is 6.89. The maximum atomic E-state index is 13.4. The van der Waals surface area contributed by atoms with E-state index in [1.165, 1.54) is 4.31 Å². The molecule has 0 bridgehead atoms. The highest BCUT2D eigenvalue weighted by Gasteiger charge is 2.37. The lowest BCUT2D eigenvalue weighted by molar-refractivity contribution is -0.146. The average Bonchev–Trinajstić information content (AvgIpc) is 3.06. The molecule has 1 aliphatic rings. The summed E-state index contributed by atoms with van der Waals surface area (Å²) in [6.45, 7) is 6.34. The molecular formula is C34H44ClN3O5S. The number of likely N-dealkylation sites (tertiary alicyclic amines) is 1. The van der Waals surface area contributed by atoms with Crippen LogP contribution in [0.3, 0.4) is 0 Å². The highest BCUT2D eigenvalue weighted by molar-refractivity contribution is 7.89. The number of aliphatic hydroxyl groups is 1. The lowest BCUT2D eigenvalue weighted by Gasteiger charge is -2.39. The number of benzene rings is 3. The first-order chi connectivity index (χ1) is 20.8. The van der Waals surface area contributed by atoms with E-state index in [0.717, 1.165) is 37.1 Å². The summed E-state index contributed by atoms with van der Waals surface area (Å²) in [6.07, 6.45) is 3.86. The van der Waals surface area contributed by atoms with Gasteiger partial charge < -0.3 is 14.7 Å². The van der Waals surface area contributed by atoms with Gasteiger partial charge in [0.1, 0.15) is 12.6 Å². The molecule has 8 nitrogen and oxygen atoms in total. The molecule has 3 aromatic rings. The lowest BCUT2D eigenvalue weighted by atomic mass is 9.77. The van der Waals surface area contributed by atoms with Crippen molar-refractivity contribution in [3.05, 3.63) is 115 Å². The van der Waals surface area contributed by atoms with Gasteiger partial charge in [-0.15, -0.1) is 19.0 Å². The van der Waals surface area contributed by atoms with Crippen LogP contribution in [0.2, 0.25) is 0 Å². The highest BCUT2D eigenvalue weighted by Crippen LogP contribution is 2.31. The molecule has 2 atom stereocenters. The summed E-state index contributed by atoms with van der Waals surface area (Å²) in [5, 5.41) is 14.2. The van der Waals surface area contributed by atoms with Gasteiger partial charge in [0, 0.05) is 25.0 Å². The van der Waals surface area contributed by atoms with Crippen LogP contribution in [0.25, 0.3) is 0 Å². The molecule has 1 heterocycles. The van der Waals surface area contributed by atoms with Crippen LogP contribution in [0.5, 0.6) is 0 Å². The number of hydrogen-bond acceptors (Lipinski definition) is 7. The van der Waals surface area contributed by atoms with E-state index >= 15 is 0 Å². The third-order valence-corrected chi connectivity index (χ3v) is 10.1. The van der Waals surface area contributed by atoms with Gasteiger partial charge in [-0.25, -0.2) is 13.2 Å². The quantitative estimate of drug-likeness (QED) is 0.188. The fraction of sp³-hybridized carbons (Fsp3) is 0.382. The minimum absolute atomic E-state index is 0. The van der Waals surface area contributed by atoms with Gasteiger partial charge in [-0.3, -0.25) is 5.32 Å². The van der Waals surface area contributed by atoms with Crippen molar-refractivity contribution in [2.24, 2.45) is 0 Å². The molecule has 3 aromatic carbocycles. The highest BCUT2D eigenvalue weighted by atomic mass is 35.5. The lowest BCUT2D eigenvalue weighted by Crippen LogP contribution is -2.50. The zero-order chi connectivity index (χ0) is 30.7. The summed E-state index contributed by atoms with van der Waals surface area (Å²) >= 11 is 0. The van der Waals surface area contributed by atoms with E-state index in [2.05, 4.69) is 16.8 Å². The normalized spacial score (nSPS) is 16.4. The Balaban J connectivity index is 0.00000529. The summed E-state index contributed by atoms with van der Waals surface area (Å²) < 4.78 is 33.6. The topological polar surface area (TPSA) is 99.2 Å². The second-order valence-electron chi connectivity index (χ2n) is 11.2. The Kier molecular flexibility index (Phi) is 13.6. The van der Waals surface area contributed by atoms with Gasteiger partial charge >= 0.3 is 5.97 Å². The summed E-state index contributed by atoms with van der Waals surface area (Å²) in [6, 6.07) is 27.2. The van der Waals surface area contributed by atoms with Crippen molar-refractivity contribution >= 4 is 28.4 Å². The average molecular weight is 642 g/mol. The molecule has 10 heteroatoms. The Hall–Kier alpha value is -3.05. The Morgan fingerprint density at radius 2 is 1.61 bits per heavy atom. The van der Waals surface area contributed by atoms with Crippen LogP contribution in [0, 0.1) is 0 Å². The van der Waals surface area contributed by atoms with Crippen LogP contribution in [0.1, 0.15) is 30.4 Å². The third kappa shape index (κ3) is 9.23. The molecule has 1 fully saturated rings. The molecule has 4 rings (SSSR count). The van der Waals surface area contributed by atoms with Crippen LogP contribution >= 0.6 is 12.4 Å². The molecule has 0 aliphatic carbocycles. The van der Waals surface area contributed by atoms with Gasteiger partial charge in [0.05, 0.1) is 11.5 Å². The second kappa shape index (κ2) is 16.9. The fourth-order valence-electron chi connectivity index (χ4n) is 5.61. The zero-order valence-electron chi connectivity index (χ0n) is 25.3. The number of carbonyl (C=O) groups excluding carboxylic acids is 1. The number of rotatable bonds is 15. The Morgan fingerprint density at radius 3 is 2.18 bits per heavy atom. The third-order valence-electron chi connectivity index (χ3n) is 8.29. The van der Waals surface area contributed by atoms with E-state index in [0.29, 0.717) is 13.0 Å². The number of nitrogens with zero attached hydrogens (tertiary/aromatic N) is 2. The van der Waals surface area contributed by atoms with E-state index in [9.17, 15) is 18.3 Å². The first kappa shape index (κ1) is 35.4. The van der Waals surface area contributed by atoms with Crippen LogP contribution in [0.15, 0.2) is 109 Å². The molecule has 0 spiro atoms. The standard InChI is InChI=1S/C34H43N3O5S.ClH/c1-3-32(33(39)42-25-28-13-7-4-8-14-28)35-30-19-22-37(23-20-30)24-21-34(27-38,29-15-9-5-10-16-29)26-36(2)43(40,41)31-17-11-6-12-18-31;/h3-18,30,32,35,38H,1,19-27H2,2H3;1H. The van der Waals surface area contributed by atoms with E-state index in [-0.39, 0.29) is 49.1 Å². The largest absolute Gasteiger partial charge is 0.459 e. The predicted molar refractivity (Wildman–Crippen MR) is 176 cm³/mol. The number of ether oxygens (including phenoxy) is 1. The van der Waals surface area contributed by atoms with Crippen molar-refractivity contribution in [1.82, 2.24) is 14.5 Å². The minimum Gasteiger partial charge on any atom is -0.459 e. The Bertz CT molecular complexity index is 1400. The SMILES string of the molecule is C=CC(NC1CCN(CCC(CO)(CN(C)S(=O)(=O)c2ccccc2)c2ccccc2)CC1)C(=O)OCc1ccccc1.Cl. The van der Waals surface area contributed by atoms with Crippen LogP contribution in [-0.4, -0.2) is 80.6 Å². The molecular weight excluding hydrogens is 598 g/mol. The molecule has 0 aromatic heterocycles. The summed E-state index contributed by atoms with van der Waals surface area (Å²) in [5.74, 6) is -0.341. The van der Waals surface area contributed by atoms with Gasteiger partial charge in [-0.2, -0.15) is 4.31 Å². The first-order valence-electron chi connectivity index (χ1n) is 14.8. The van der Waals surface area contributed by atoms with Crippen molar-refractivity contribution in [3.8, 4) is 0 Å². The minimum atomic E-state index is -3.73. The number of piperidine rings is 1. The van der Waals surface area contributed by atoms with Gasteiger partial charge in [0.15, 0.2) is 0 Å². The maximum absolute atomic E-state index is 13.4. The van der Waals surface area contributed by atoms with E-state index in [1.807, 2.05) is 60.7 Å². The number of esters is 1. The molecule has 1 aliphatic heterocycles. The molecule has 2 N–H and O–H groups in total. The number of hydrogen-bond donors (Lipinski definition) is 2. The molecule has 44 heavy (non-hydrogen) atoms. The molecule has 238 valence electrons. The van der Waals surface area contributed by atoms with Crippen molar-refractivity contribution in [2.75, 3.05) is 39.8 Å². The summed E-state index contributed by atoms with van der Waals surface area (Å²) in [7, 11) is -2.15. The van der Waals surface area contributed by atoms with Crippen LogP contribution in [-0.2, 0) is 31.6 Å². The number of nitrogens with one attached hydrogen (secondary N) is 1. The zero-order valence-corrected chi connectivity index (χ0v) is 26.9. The van der Waals surface area contributed by atoms with E-state index in [1.54, 1.807) is 43.5 Å². The van der Waals surface area contributed by atoms with Gasteiger partial charge in [0.25, 0.3) is 0 Å². The van der Waals surface area contributed by atoms with E-state index < -0.39 is 21.5 Å². The summed E-state index contributed by atoms with van der Waals surface area (Å²) in [5.41, 5.74) is 1.07. The van der Waals surface area contributed by atoms with Gasteiger partial charge in [-0.1, -0.05) is 84.9 Å². The molecule has 0 radical (unpaired) electrons. The molecule has 0 saturated carbocycles. The monoisotopic (exact) mass is 641 g/mol. The number of carbonyl (C=O) groups is 1. The molecule has 1 saturated heterocycles. The number of halogens is 1.